The number of hydrogen-bond donors (Lipinski definition) is 2. The number of halogens is 1. The van der Waals surface area contributed by atoms with Gasteiger partial charge in [0.05, 0.1) is 13.2 Å². The lowest BCUT2D eigenvalue weighted by atomic mass is 10.1. The number of carboxylic acids is 2. The van der Waals surface area contributed by atoms with Crippen molar-refractivity contribution in [2.75, 3.05) is 40.5 Å². The van der Waals surface area contributed by atoms with Gasteiger partial charge in [-0.25, -0.2) is 9.59 Å². The van der Waals surface area contributed by atoms with Crippen LogP contribution in [0.5, 0.6) is 5.75 Å². The Kier molecular flexibility index (Phi) is 10.8. The molecule has 0 bridgehead atoms. The van der Waals surface area contributed by atoms with Crippen molar-refractivity contribution < 1.29 is 29.3 Å². The molecule has 136 valence electrons. The summed E-state index contributed by atoms with van der Waals surface area (Å²) in [5.41, 5.74) is 2.13. The summed E-state index contributed by atoms with van der Waals surface area (Å²) in [7, 11) is 4.06. The first-order valence-electron chi connectivity index (χ1n) is 7.23. The highest BCUT2D eigenvalue weighted by Crippen LogP contribution is 2.26. The minimum absolute atomic E-state index is 0.566. The molecule has 2 N–H and O–H groups in total. The molecule has 0 saturated carbocycles. The van der Waals surface area contributed by atoms with Gasteiger partial charge in [0.1, 0.15) is 12.4 Å². The molecule has 1 aromatic rings. The van der Waals surface area contributed by atoms with Crippen molar-refractivity contribution in [1.29, 1.82) is 0 Å². The predicted molar refractivity (Wildman–Crippen MR) is 91.1 cm³/mol. The third-order valence-electron chi connectivity index (χ3n) is 2.76. The highest BCUT2D eigenvalue weighted by atomic mass is 35.5. The summed E-state index contributed by atoms with van der Waals surface area (Å²) in [6.07, 6.45) is 0. The Labute approximate surface area is 146 Å². The molecule has 24 heavy (non-hydrogen) atoms. The molecule has 1 rings (SSSR count). The van der Waals surface area contributed by atoms with Crippen LogP contribution in [0.4, 0.5) is 0 Å². The van der Waals surface area contributed by atoms with E-state index in [4.69, 9.17) is 40.9 Å². The third-order valence-corrected chi connectivity index (χ3v) is 2.98. The standard InChI is InChI=1S/C14H22ClNO2.C2H2O4/c1-11-9-13(15)10-12(2)14(11)18-8-7-17-6-5-16(3)4;3-1(4)2(5)6/h9-10H,5-8H2,1-4H3;(H,3,4)(H,5,6). The Balaban J connectivity index is 0.000000754. The molecule has 1 aromatic carbocycles. The molecule has 0 unspecified atom stereocenters. The SMILES string of the molecule is Cc1cc(Cl)cc(C)c1OCCOCCN(C)C.O=C(O)C(=O)O. The van der Waals surface area contributed by atoms with Crippen molar-refractivity contribution in [2.24, 2.45) is 0 Å². The van der Waals surface area contributed by atoms with E-state index in [9.17, 15) is 0 Å². The van der Waals surface area contributed by atoms with Gasteiger partial charge in [-0.3, -0.25) is 0 Å². The van der Waals surface area contributed by atoms with Crippen molar-refractivity contribution in [3.8, 4) is 5.75 Å². The minimum Gasteiger partial charge on any atom is -0.491 e. The van der Waals surface area contributed by atoms with Crippen LogP contribution in [0.25, 0.3) is 0 Å². The Morgan fingerprint density at radius 3 is 1.96 bits per heavy atom. The van der Waals surface area contributed by atoms with Crippen molar-refractivity contribution in [3.63, 3.8) is 0 Å². The number of rotatable bonds is 7. The number of carbonyl (C=O) groups is 2. The summed E-state index contributed by atoms with van der Waals surface area (Å²) < 4.78 is 11.2. The van der Waals surface area contributed by atoms with Crippen LogP contribution >= 0.6 is 11.6 Å². The van der Waals surface area contributed by atoms with Crippen molar-refractivity contribution in [1.82, 2.24) is 4.90 Å². The first kappa shape index (κ1) is 22.2. The fourth-order valence-electron chi connectivity index (χ4n) is 1.68. The fraction of sp³-hybridized carbons (Fsp3) is 0.500. The summed E-state index contributed by atoms with van der Waals surface area (Å²) in [6.45, 7) is 6.84. The van der Waals surface area contributed by atoms with Gasteiger partial charge in [0, 0.05) is 11.6 Å². The predicted octanol–water partition coefficient (Wildman–Crippen LogP) is 2.07. The van der Waals surface area contributed by atoms with Crippen LogP contribution in [0.3, 0.4) is 0 Å². The lowest BCUT2D eigenvalue weighted by Gasteiger charge is -2.13. The molecule has 0 spiro atoms. The van der Waals surface area contributed by atoms with Gasteiger partial charge >= 0.3 is 11.9 Å². The van der Waals surface area contributed by atoms with Gasteiger partial charge in [-0.2, -0.15) is 0 Å². The monoisotopic (exact) mass is 361 g/mol. The molecular formula is C16H24ClNO6. The lowest BCUT2D eigenvalue weighted by molar-refractivity contribution is -0.159. The maximum absolute atomic E-state index is 9.10. The van der Waals surface area contributed by atoms with E-state index < -0.39 is 11.9 Å². The van der Waals surface area contributed by atoms with E-state index in [1.165, 1.54) is 0 Å². The molecule has 0 aliphatic heterocycles. The first-order chi connectivity index (χ1) is 11.1. The number of aliphatic carboxylic acids is 2. The van der Waals surface area contributed by atoms with Gasteiger partial charge in [-0.1, -0.05) is 11.6 Å². The molecular weight excluding hydrogens is 338 g/mol. The molecule has 0 aliphatic rings. The van der Waals surface area contributed by atoms with E-state index in [1.54, 1.807) is 0 Å². The molecule has 0 atom stereocenters. The zero-order chi connectivity index (χ0) is 18.7. The Morgan fingerprint density at radius 1 is 1.04 bits per heavy atom. The number of carboxylic acid groups (broad SMARTS) is 2. The van der Waals surface area contributed by atoms with Gasteiger partial charge < -0.3 is 24.6 Å². The average Bonchev–Trinajstić information content (AvgIpc) is 2.44. The topological polar surface area (TPSA) is 96.3 Å². The number of hydrogen-bond acceptors (Lipinski definition) is 5. The number of nitrogens with zero attached hydrogens (tertiary/aromatic N) is 1. The maximum Gasteiger partial charge on any atom is 0.414 e. The molecule has 8 heteroatoms. The van der Waals surface area contributed by atoms with Crippen LogP contribution in [0, 0.1) is 13.8 Å². The van der Waals surface area contributed by atoms with E-state index in [1.807, 2.05) is 40.1 Å². The molecule has 7 nitrogen and oxygen atoms in total. The van der Waals surface area contributed by atoms with Crippen molar-refractivity contribution >= 4 is 23.5 Å². The van der Waals surface area contributed by atoms with E-state index in [0.29, 0.717) is 13.2 Å². The Bertz CT molecular complexity index is 512. The second-order valence-corrected chi connectivity index (χ2v) is 5.68. The summed E-state index contributed by atoms with van der Waals surface area (Å²) >= 11 is 5.97. The largest absolute Gasteiger partial charge is 0.491 e. The molecule has 0 heterocycles. The van der Waals surface area contributed by atoms with E-state index in [-0.39, 0.29) is 0 Å². The molecule has 0 aromatic heterocycles. The van der Waals surface area contributed by atoms with Crippen LogP contribution in [0.1, 0.15) is 11.1 Å². The summed E-state index contributed by atoms with van der Waals surface area (Å²) in [5.74, 6) is -2.74. The zero-order valence-corrected chi connectivity index (χ0v) is 15.1. The number of aryl methyl sites for hydroxylation is 2. The normalized spacial score (nSPS) is 10.1. The molecule has 0 radical (unpaired) electrons. The number of ether oxygens (including phenoxy) is 2. The third kappa shape index (κ3) is 10.0. The number of likely N-dealkylation sites (N-methyl/N-ethyl adjacent to an activating group) is 1. The van der Waals surface area contributed by atoms with Crippen LogP contribution in [-0.2, 0) is 14.3 Å². The second-order valence-electron chi connectivity index (χ2n) is 5.24. The van der Waals surface area contributed by atoms with Crippen LogP contribution in [0.15, 0.2) is 12.1 Å². The van der Waals surface area contributed by atoms with Gasteiger partial charge in [0.2, 0.25) is 0 Å². The zero-order valence-electron chi connectivity index (χ0n) is 14.3. The Morgan fingerprint density at radius 2 is 1.54 bits per heavy atom. The maximum atomic E-state index is 9.10. The van der Waals surface area contributed by atoms with E-state index >= 15 is 0 Å². The summed E-state index contributed by atoms with van der Waals surface area (Å²) in [6, 6.07) is 3.83. The average molecular weight is 362 g/mol. The van der Waals surface area contributed by atoms with Crippen LogP contribution in [0.2, 0.25) is 5.02 Å². The van der Waals surface area contributed by atoms with E-state index in [0.717, 1.165) is 35.1 Å². The molecule has 0 aliphatic carbocycles. The molecule has 0 amide bonds. The van der Waals surface area contributed by atoms with Crippen molar-refractivity contribution in [3.05, 3.63) is 28.3 Å². The van der Waals surface area contributed by atoms with Gasteiger partial charge in [0.25, 0.3) is 0 Å². The quantitative estimate of drug-likeness (QED) is 0.566. The van der Waals surface area contributed by atoms with E-state index in [2.05, 4.69) is 4.90 Å². The summed E-state index contributed by atoms with van der Waals surface area (Å²) in [5, 5.41) is 15.5. The smallest absolute Gasteiger partial charge is 0.414 e. The van der Waals surface area contributed by atoms with Crippen LogP contribution in [-0.4, -0.2) is 67.5 Å². The lowest BCUT2D eigenvalue weighted by Crippen LogP contribution is -2.19. The summed E-state index contributed by atoms with van der Waals surface area (Å²) in [4.78, 5) is 20.3. The number of benzene rings is 1. The fourth-order valence-corrected chi connectivity index (χ4v) is 2.00. The minimum atomic E-state index is -1.82. The highest BCUT2D eigenvalue weighted by Gasteiger charge is 2.05. The molecule has 0 fully saturated rings. The first-order valence-corrected chi connectivity index (χ1v) is 7.61. The van der Waals surface area contributed by atoms with Gasteiger partial charge in [-0.15, -0.1) is 0 Å². The molecule has 0 saturated heterocycles. The van der Waals surface area contributed by atoms with Gasteiger partial charge in [0.15, 0.2) is 0 Å². The highest BCUT2D eigenvalue weighted by molar-refractivity contribution is 6.30. The van der Waals surface area contributed by atoms with Gasteiger partial charge in [-0.05, 0) is 51.2 Å². The van der Waals surface area contributed by atoms with Crippen molar-refractivity contribution in [2.45, 2.75) is 13.8 Å². The second kappa shape index (κ2) is 11.7. The Hall–Kier alpha value is -1.83. The van der Waals surface area contributed by atoms with Crippen LogP contribution < -0.4 is 4.74 Å².